The molecule has 2 fully saturated rings. The Hall–Kier alpha value is -1.95. The van der Waals surface area contributed by atoms with Crippen LogP contribution in [-0.2, 0) is 4.74 Å². The second-order valence-electron chi connectivity index (χ2n) is 6.25. The van der Waals surface area contributed by atoms with E-state index in [1.807, 2.05) is 0 Å². The van der Waals surface area contributed by atoms with Crippen LogP contribution in [0.2, 0.25) is 0 Å². The van der Waals surface area contributed by atoms with Gasteiger partial charge in [0.1, 0.15) is 0 Å². The summed E-state index contributed by atoms with van der Waals surface area (Å²) in [5.41, 5.74) is 2.53. The molecule has 0 aliphatic carbocycles. The molecule has 3 rings (SSSR count). The van der Waals surface area contributed by atoms with Crippen molar-refractivity contribution < 1.29 is 9.53 Å². The highest BCUT2D eigenvalue weighted by molar-refractivity contribution is 5.68. The Bertz CT molecular complexity index is 518. The number of hydrogen-bond acceptors (Lipinski definition) is 5. The molecule has 0 saturated carbocycles. The first-order valence-corrected chi connectivity index (χ1v) is 8.29. The number of hydrogen-bond donors (Lipinski definition) is 0. The molecule has 0 unspecified atom stereocenters. The van der Waals surface area contributed by atoms with E-state index in [4.69, 9.17) is 4.74 Å². The van der Waals surface area contributed by atoms with E-state index in [1.54, 1.807) is 4.90 Å². The van der Waals surface area contributed by atoms with E-state index in [2.05, 4.69) is 46.0 Å². The Morgan fingerprint density at radius 1 is 0.826 bits per heavy atom. The van der Waals surface area contributed by atoms with Crippen LogP contribution in [0.4, 0.5) is 16.2 Å². The van der Waals surface area contributed by atoms with Gasteiger partial charge in [0.25, 0.3) is 0 Å². The molecule has 0 atom stereocenters. The van der Waals surface area contributed by atoms with Crippen LogP contribution in [-0.4, -0.2) is 82.4 Å². The van der Waals surface area contributed by atoms with Crippen molar-refractivity contribution in [3.05, 3.63) is 24.3 Å². The highest BCUT2D eigenvalue weighted by Crippen LogP contribution is 2.22. The molecule has 1 amide bonds. The lowest BCUT2D eigenvalue weighted by molar-refractivity contribution is 0.121. The molecule has 2 aliphatic heterocycles. The molecule has 6 nitrogen and oxygen atoms in total. The van der Waals surface area contributed by atoms with Crippen LogP contribution in [0.15, 0.2) is 24.3 Å². The summed E-state index contributed by atoms with van der Waals surface area (Å²) in [6.07, 6.45) is -0.227. The molecule has 0 bridgehead atoms. The summed E-state index contributed by atoms with van der Waals surface area (Å²) in [6, 6.07) is 8.82. The van der Waals surface area contributed by atoms with Crippen LogP contribution >= 0.6 is 0 Å². The first kappa shape index (κ1) is 15.9. The maximum absolute atomic E-state index is 11.5. The van der Waals surface area contributed by atoms with E-state index >= 15 is 0 Å². The monoisotopic (exact) mass is 318 g/mol. The topological polar surface area (TPSA) is 39.3 Å². The highest BCUT2D eigenvalue weighted by atomic mass is 16.5. The molecule has 1 aromatic carbocycles. The fourth-order valence-electron chi connectivity index (χ4n) is 3.22. The van der Waals surface area contributed by atoms with Crippen molar-refractivity contribution in [2.45, 2.75) is 0 Å². The summed E-state index contributed by atoms with van der Waals surface area (Å²) in [5, 5.41) is 0. The van der Waals surface area contributed by atoms with Gasteiger partial charge in [-0.3, -0.25) is 0 Å². The Morgan fingerprint density at radius 2 is 1.26 bits per heavy atom. The lowest BCUT2D eigenvalue weighted by atomic mass is 10.2. The molecular formula is C17H26N4O2. The van der Waals surface area contributed by atoms with E-state index in [0.717, 1.165) is 39.3 Å². The zero-order valence-electron chi connectivity index (χ0n) is 14.1. The molecule has 2 heterocycles. The molecule has 0 spiro atoms. The minimum Gasteiger partial charge on any atom is -0.453 e. The van der Waals surface area contributed by atoms with Crippen LogP contribution in [0, 0.1) is 0 Å². The van der Waals surface area contributed by atoms with Crippen molar-refractivity contribution in [3.63, 3.8) is 0 Å². The number of carbonyl (C=O) groups is 1. The molecule has 0 aromatic heterocycles. The lowest BCUT2D eigenvalue weighted by Gasteiger charge is -2.36. The van der Waals surface area contributed by atoms with Crippen LogP contribution < -0.4 is 9.80 Å². The van der Waals surface area contributed by atoms with Gasteiger partial charge in [0.05, 0.1) is 7.11 Å². The summed E-state index contributed by atoms with van der Waals surface area (Å²) in [5.74, 6) is 0. The van der Waals surface area contributed by atoms with Gasteiger partial charge in [-0.05, 0) is 31.3 Å². The molecular weight excluding hydrogens is 292 g/mol. The number of ether oxygens (including phenoxy) is 1. The van der Waals surface area contributed by atoms with Gasteiger partial charge in [0.2, 0.25) is 0 Å². The largest absolute Gasteiger partial charge is 0.453 e. The summed E-state index contributed by atoms with van der Waals surface area (Å²) in [7, 11) is 3.61. The Kier molecular flexibility index (Phi) is 4.91. The maximum Gasteiger partial charge on any atom is 0.409 e. The van der Waals surface area contributed by atoms with Crippen LogP contribution in [0.25, 0.3) is 0 Å². The number of piperazine rings is 2. The predicted octanol–water partition coefficient (Wildman–Crippen LogP) is 1.33. The standard InChI is InChI=1S/C17H26N4O2/c1-18-7-9-19(10-8-18)15-3-5-16(6-4-15)20-11-13-21(14-12-20)17(22)23-2/h3-6H,7-14H2,1-2H3. The predicted molar refractivity (Wildman–Crippen MR) is 92.3 cm³/mol. The molecule has 0 N–H and O–H groups in total. The average Bonchev–Trinajstić information content (AvgIpc) is 2.62. The number of rotatable bonds is 2. The van der Waals surface area contributed by atoms with Gasteiger partial charge in [-0.1, -0.05) is 0 Å². The summed E-state index contributed by atoms with van der Waals surface area (Å²) in [4.78, 5) is 20.4. The van der Waals surface area contributed by atoms with Gasteiger partial charge in [0.15, 0.2) is 0 Å². The van der Waals surface area contributed by atoms with Crippen molar-refractivity contribution in [2.24, 2.45) is 0 Å². The van der Waals surface area contributed by atoms with E-state index in [9.17, 15) is 4.79 Å². The van der Waals surface area contributed by atoms with Gasteiger partial charge in [-0.15, -0.1) is 0 Å². The molecule has 126 valence electrons. The lowest BCUT2D eigenvalue weighted by Crippen LogP contribution is -2.48. The molecule has 23 heavy (non-hydrogen) atoms. The SMILES string of the molecule is COC(=O)N1CCN(c2ccc(N3CCN(C)CC3)cc2)CC1. The minimum atomic E-state index is -0.227. The van der Waals surface area contributed by atoms with Crippen molar-refractivity contribution in [3.8, 4) is 0 Å². The van der Waals surface area contributed by atoms with E-state index in [-0.39, 0.29) is 6.09 Å². The maximum atomic E-state index is 11.5. The quantitative estimate of drug-likeness (QED) is 0.822. The first-order chi connectivity index (χ1) is 11.2. The smallest absolute Gasteiger partial charge is 0.409 e. The molecule has 1 aromatic rings. The number of anilines is 2. The fourth-order valence-corrected chi connectivity index (χ4v) is 3.22. The number of likely N-dealkylation sites (N-methyl/N-ethyl adjacent to an activating group) is 1. The van der Waals surface area contributed by atoms with Gasteiger partial charge in [-0.25, -0.2) is 4.79 Å². The van der Waals surface area contributed by atoms with Crippen LogP contribution in [0.5, 0.6) is 0 Å². The third kappa shape index (κ3) is 3.69. The van der Waals surface area contributed by atoms with E-state index < -0.39 is 0 Å². The number of carbonyl (C=O) groups excluding carboxylic acids is 1. The van der Waals surface area contributed by atoms with Gasteiger partial charge < -0.3 is 24.3 Å². The second-order valence-corrected chi connectivity index (χ2v) is 6.25. The summed E-state index contributed by atoms with van der Waals surface area (Å²) >= 11 is 0. The fraction of sp³-hybridized carbons (Fsp3) is 0.588. The summed E-state index contributed by atoms with van der Waals surface area (Å²) in [6.45, 7) is 7.56. The number of methoxy groups -OCH3 is 1. The van der Waals surface area contributed by atoms with Crippen LogP contribution in [0.1, 0.15) is 0 Å². The molecule has 0 radical (unpaired) electrons. The zero-order chi connectivity index (χ0) is 16.2. The van der Waals surface area contributed by atoms with Crippen molar-refractivity contribution in [1.29, 1.82) is 0 Å². The Morgan fingerprint density at radius 3 is 1.70 bits per heavy atom. The first-order valence-electron chi connectivity index (χ1n) is 8.29. The average molecular weight is 318 g/mol. The highest BCUT2D eigenvalue weighted by Gasteiger charge is 2.22. The van der Waals surface area contributed by atoms with Gasteiger partial charge in [0, 0.05) is 63.7 Å². The van der Waals surface area contributed by atoms with E-state index in [1.165, 1.54) is 18.5 Å². The number of benzene rings is 1. The van der Waals surface area contributed by atoms with E-state index in [0.29, 0.717) is 13.1 Å². The van der Waals surface area contributed by atoms with Crippen molar-refractivity contribution >= 4 is 17.5 Å². The Labute approximate surface area is 138 Å². The zero-order valence-corrected chi connectivity index (χ0v) is 14.1. The second kappa shape index (κ2) is 7.08. The van der Waals surface area contributed by atoms with Crippen molar-refractivity contribution in [2.75, 3.05) is 76.3 Å². The molecule has 2 saturated heterocycles. The number of amides is 1. The van der Waals surface area contributed by atoms with Gasteiger partial charge in [-0.2, -0.15) is 0 Å². The number of nitrogens with zero attached hydrogens (tertiary/aromatic N) is 4. The third-order valence-corrected chi connectivity index (χ3v) is 4.80. The summed E-state index contributed by atoms with van der Waals surface area (Å²) < 4.78 is 4.78. The molecule has 6 heteroatoms. The third-order valence-electron chi connectivity index (χ3n) is 4.80. The Balaban J connectivity index is 1.57. The normalized spacial score (nSPS) is 19.8. The molecule has 2 aliphatic rings. The van der Waals surface area contributed by atoms with Crippen molar-refractivity contribution in [1.82, 2.24) is 9.80 Å². The minimum absolute atomic E-state index is 0.227. The van der Waals surface area contributed by atoms with Gasteiger partial charge >= 0.3 is 6.09 Å². The van der Waals surface area contributed by atoms with Crippen LogP contribution in [0.3, 0.4) is 0 Å².